The first-order chi connectivity index (χ1) is 10.1. The Morgan fingerprint density at radius 2 is 2.33 bits per heavy atom. The molecule has 2 aliphatic heterocycles. The van der Waals surface area contributed by atoms with Gasteiger partial charge in [-0.1, -0.05) is 0 Å². The smallest absolute Gasteiger partial charge is 0.325 e. The molecule has 8 heteroatoms. The average molecular weight is 308 g/mol. The van der Waals surface area contributed by atoms with Crippen LogP contribution in [-0.4, -0.2) is 58.8 Å². The van der Waals surface area contributed by atoms with Crippen LogP contribution in [0, 0.1) is 0 Å². The van der Waals surface area contributed by atoms with Crippen LogP contribution in [0.3, 0.4) is 0 Å². The summed E-state index contributed by atoms with van der Waals surface area (Å²) in [4.78, 5) is 42.3. The Morgan fingerprint density at radius 3 is 3.00 bits per heavy atom. The Bertz CT molecular complexity index is 544. The van der Waals surface area contributed by atoms with Crippen molar-refractivity contribution in [2.45, 2.75) is 18.8 Å². The third-order valence-corrected chi connectivity index (χ3v) is 4.74. The van der Waals surface area contributed by atoms with Crippen molar-refractivity contribution in [3.05, 3.63) is 16.6 Å². The van der Waals surface area contributed by atoms with Crippen LogP contribution in [0.1, 0.15) is 23.8 Å². The fraction of sp³-hybridized carbons (Fsp3) is 0.538. The summed E-state index contributed by atoms with van der Waals surface area (Å²) in [7, 11) is 0. The molecule has 0 aliphatic carbocycles. The van der Waals surface area contributed by atoms with Gasteiger partial charge in [0.05, 0.1) is 11.6 Å². The molecule has 2 aliphatic rings. The molecular formula is C13H16N4O3S. The van der Waals surface area contributed by atoms with Gasteiger partial charge in [-0.3, -0.25) is 14.5 Å². The minimum absolute atomic E-state index is 0.0200. The summed E-state index contributed by atoms with van der Waals surface area (Å²) in [5, 5.41) is 5.40. The minimum atomic E-state index is -0.484. The Balaban J connectivity index is 1.62. The van der Waals surface area contributed by atoms with Gasteiger partial charge in [-0.15, -0.1) is 11.3 Å². The normalized spacial score (nSPS) is 22.6. The van der Waals surface area contributed by atoms with Gasteiger partial charge < -0.3 is 10.2 Å². The second kappa shape index (κ2) is 5.80. The number of carbonyl (C=O) groups excluding carboxylic acids is 3. The number of nitrogens with zero attached hydrogens (tertiary/aromatic N) is 3. The lowest BCUT2D eigenvalue weighted by molar-refractivity contribution is -0.137. The van der Waals surface area contributed by atoms with Crippen molar-refractivity contribution in [3.63, 3.8) is 0 Å². The first-order valence-electron chi connectivity index (χ1n) is 6.90. The van der Waals surface area contributed by atoms with E-state index in [1.165, 1.54) is 0 Å². The predicted molar refractivity (Wildman–Crippen MR) is 75.8 cm³/mol. The average Bonchev–Trinajstić information content (AvgIpc) is 3.13. The largest absolute Gasteiger partial charge is 0.340 e. The maximum atomic E-state index is 12.3. The molecule has 1 aromatic heterocycles. The molecule has 0 bridgehead atoms. The van der Waals surface area contributed by atoms with Crippen LogP contribution in [0.25, 0.3) is 0 Å². The van der Waals surface area contributed by atoms with Crippen LogP contribution in [0.4, 0.5) is 4.79 Å². The number of piperidine rings is 1. The highest BCUT2D eigenvalue weighted by molar-refractivity contribution is 7.09. The van der Waals surface area contributed by atoms with Gasteiger partial charge in [-0.05, 0) is 12.8 Å². The van der Waals surface area contributed by atoms with Crippen molar-refractivity contribution in [2.24, 2.45) is 0 Å². The predicted octanol–water partition coefficient (Wildman–Crippen LogP) is 0.401. The monoisotopic (exact) mass is 308 g/mol. The third kappa shape index (κ3) is 2.90. The van der Waals surface area contributed by atoms with Gasteiger partial charge in [-0.25, -0.2) is 9.78 Å². The van der Waals surface area contributed by atoms with E-state index in [4.69, 9.17) is 0 Å². The lowest BCUT2D eigenvalue weighted by atomic mass is 9.98. The van der Waals surface area contributed by atoms with Crippen molar-refractivity contribution in [1.82, 2.24) is 20.1 Å². The van der Waals surface area contributed by atoms with Crippen LogP contribution in [0.2, 0.25) is 0 Å². The van der Waals surface area contributed by atoms with Crippen molar-refractivity contribution in [1.29, 1.82) is 0 Å². The lowest BCUT2D eigenvalue weighted by Crippen LogP contribution is -2.46. The molecule has 1 N–H and O–H groups in total. The molecule has 112 valence electrons. The van der Waals surface area contributed by atoms with E-state index in [1.807, 2.05) is 5.38 Å². The van der Waals surface area contributed by atoms with E-state index in [9.17, 15) is 14.4 Å². The molecule has 3 heterocycles. The van der Waals surface area contributed by atoms with E-state index in [2.05, 4.69) is 10.3 Å². The molecule has 0 spiro atoms. The summed E-state index contributed by atoms with van der Waals surface area (Å²) >= 11 is 1.60. The maximum Gasteiger partial charge on any atom is 0.325 e. The molecular weight excluding hydrogens is 292 g/mol. The standard InChI is InChI=1S/C13H16N4O3S/c18-10-6-15-13(20)17(10)8-11(19)16-4-1-2-9(7-16)12-14-3-5-21-12/h3,5,9H,1-2,4,6-8H2,(H,15,20)/t9-/m0/s1. The number of amides is 4. The molecule has 2 fully saturated rings. The summed E-state index contributed by atoms with van der Waals surface area (Å²) in [6.45, 7) is 1.09. The topological polar surface area (TPSA) is 82.6 Å². The van der Waals surface area contributed by atoms with Gasteiger partial charge in [-0.2, -0.15) is 0 Å². The number of nitrogens with one attached hydrogen (secondary N) is 1. The Kier molecular flexibility index (Phi) is 3.87. The van der Waals surface area contributed by atoms with E-state index in [0.29, 0.717) is 13.1 Å². The molecule has 1 atom stereocenters. The minimum Gasteiger partial charge on any atom is -0.340 e. The fourth-order valence-electron chi connectivity index (χ4n) is 2.69. The summed E-state index contributed by atoms with van der Waals surface area (Å²) in [6.07, 6.45) is 3.70. The van der Waals surface area contributed by atoms with E-state index in [0.717, 1.165) is 22.7 Å². The molecule has 3 rings (SSSR count). The second-order valence-electron chi connectivity index (χ2n) is 5.19. The van der Waals surface area contributed by atoms with E-state index >= 15 is 0 Å². The number of carbonyl (C=O) groups is 3. The zero-order chi connectivity index (χ0) is 14.8. The zero-order valence-corrected chi connectivity index (χ0v) is 12.3. The van der Waals surface area contributed by atoms with E-state index in [1.54, 1.807) is 22.4 Å². The summed E-state index contributed by atoms with van der Waals surface area (Å²) < 4.78 is 0. The number of likely N-dealkylation sites (tertiary alicyclic amines) is 1. The number of rotatable bonds is 3. The Morgan fingerprint density at radius 1 is 1.48 bits per heavy atom. The van der Waals surface area contributed by atoms with Crippen molar-refractivity contribution < 1.29 is 14.4 Å². The first-order valence-corrected chi connectivity index (χ1v) is 7.78. The second-order valence-corrected chi connectivity index (χ2v) is 6.11. The number of thiazole rings is 1. The summed E-state index contributed by atoms with van der Waals surface area (Å²) in [5.74, 6) is -0.269. The highest BCUT2D eigenvalue weighted by Crippen LogP contribution is 2.28. The van der Waals surface area contributed by atoms with E-state index < -0.39 is 6.03 Å². The molecule has 4 amide bonds. The van der Waals surface area contributed by atoms with Gasteiger partial charge in [0.15, 0.2) is 0 Å². The van der Waals surface area contributed by atoms with Crippen molar-refractivity contribution in [2.75, 3.05) is 26.2 Å². The van der Waals surface area contributed by atoms with Crippen LogP contribution < -0.4 is 5.32 Å². The van der Waals surface area contributed by atoms with Gasteiger partial charge in [0.2, 0.25) is 5.91 Å². The van der Waals surface area contributed by atoms with Gasteiger partial charge >= 0.3 is 6.03 Å². The van der Waals surface area contributed by atoms with E-state index in [-0.39, 0.29) is 30.8 Å². The summed E-state index contributed by atoms with van der Waals surface area (Å²) in [6, 6.07) is -0.484. The molecule has 1 aromatic rings. The number of aromatic nitrogens is 1. The number of urea groups is 1. The molecule has 0 saturated carbocycles. The number of hydrogen-bond donors (Lipinski definition) is 1. The lowest BCUT2D eigenvalue weighted by Gasteiger charge is -2.32. The van der Waals surface area contributed by atoms with Crippen LogP contribution in [-0.2, 0) is 9.59 Å². The van der Waals surface area contributed by atoms with Crippen molar-refractivity contribution in [3.8, 4) is 0 Å². The molecule has 0 aromatic carbocycles. The molecule has 0 unspecified atom stereocenters. The Hall–Kier alpha value is -1.96. The van der Waals surface area contributed by atoms with Crippen LogP contribution >= 0.6 is 11.3 Å². The third-order valence-electron chi connectivity index (χ3n) is 3.81. The fourth-order valence-corrected chi connectivity index (χ4v) is 3.46. The Labute approximate surface area is 125 Å². The van der Waals surface area contributed by atoms with Crippen LogP contribution in [0.15, 0.2) is 11.6 Å². The quantitative estimate of drug-likeness (QED) is 0.820. The van der Waals surface area contributed by atoms with Gasteiger partial charge in [0.1, 0.15) is 6.54 Å². The molecule has 2 saturated heterocycles. The number of imide groups is 1. The zero-order valence-electron chi connectivity index (χ0n) is 11.4. The SMILES string of the molecule is O=C(CN1C(=O)CNC1=O)N1CCC[C@H](c2nccs2)C1. The highest BCUT2D eigenvalue weighted by atomic mass is 32.1. The molecule has 21 heavy (non-hydrogen) atoms. The van der Waals surface area contributed by atoms with Crippen molar-refractivity contribution >= 4 is 29.2 Å². The number of hydrogen-bond acceptors (Lipinski definition) is 5. The van der Waals surface area contributed by atoms with Crippen LogP contribution in [0.5, 0.6) is 0 Å². The molecule has 0 radical (unpaired) electrons. The maximum absolute atomic E-state index is 12.3. The highest BCUT2D eigenvalue weighted by Gasteiger charge is 2.33. The van der Waals surface area contributed by atoms with Gasteiger partial charge in [0, 0.05) is 30.6 Å². The molecule has 7 nitrogen and oxygen atoms in total. The first kappa shape index (κ1) is 14.0. The summed E-state index contributed by atoms with van der Waals surface area (Å²) in [5.41, 5.74) is 0. The van der Waals surface area contributed by atoms with Gasteiger partial charge in [0.25, 0.3) is 5.91 Å².